The number of rotatable bonds is 4. The summed E-state index contributed by atoms with van der Waals surface area (Å²) in [6, 6.07) is 5.81. The summed E-state index contributed by atoms with van der Waals surface area (Å²) in [5.74, 6) is 0.568. The summed E-state index contributed by atoms with van der Waals surface area (Å²) < 4.78 is 0.916. The molecule has 1 aromatic carbocycles. The monoisotopic (exact) mass is 332 g/mol. The van der Waals surface area contributed by atoms with Gasteiger partial charge in [-0.1, -0.05) is 22.0 Å². The fourth-order valence-corrected chi connectivity index (χ4v) is 2.20. The molecule has 100 valence electrons. The number of carbonyl (C=O) groups excluding carboxylic acids is 1. The molecule has 1 fully saturated rings. The molecule has 1 aromatic rings. The van der Waals surface area contributed by atoms with Gasteiger partial charge in [0.25, 0.3) is 5.91 Å². The summed E-state index contributed by atoms with van der Waals surface area (Å²) in [4.78, 5) is 12.0. The minimum atomic E-state index is -0.0418. The minimum Gasteiger partial charge on any atom is -0.350 e. The quantitative estimate of drug-likeness (QED) is 0.890. The summed E-state index contributed by atoms with van der Waals surface area (Å²) in [5, 5.41) is 2.90. The third-order valence-electron chi connectivity index (χ3n) is 3.17. The maximum absolute atomic E-state index is 12.0. The summed E-state index contributed by atoms with van der Waals surface area (Å²) >= 11 is 3.37. The first-order chi connectivity index (χ1) is 8.08. The molecule has 3 N–H and O–H groups in total. The SMILES string of the molecule is Cc1ccc(Br)cc1C(=O)NCC(N)C1CC1.Cl. The Labute approximate surface area is 122 Å². The van der Waals surface area contributed by atoms with Gasteiger partial charge >= 0.3 is 0 Å². The lowest BCUT2D eigenvalue weighted by Gasteiger charge is -2.12. The maximum atomic E-state index is 12.0. The third-order valence-corrected chi connectivity index (χ3v) is 3.66. The standard InChI is InChI=1S/C13H17BrN2O.ClH/c1-8-2-5-10(14)6-11(8)13(17)16-7-12(15)9-3-4-9;/h2,5-6,9,12H,3-4,7,15H2,1H3,(H,16,17);1H. The Kier molecular flexibility index (Phi) is 5.63. The lowest BCUT2D eigenvalue weighted by molar-refractivity contribution is 0.0949. The van der Waals surface area contributed by atoms with E-state index >= 15 is 0 Å². The molecule has 1 amide bonds. The molecule has 3 nitrogen and oxygen atoms in total. The van der Waals surface area contributed by atoms with Crippen LogP contribution in [-0.2, 0) is 0 Å². The zero-order valence-electron chi connectivity index (χ0n) is 10.3. The van der Waals surface area contributed by atoms with Gasteiger partial charge in [0.05, 0.1) is 0 Å². The number of benzene rings is 1. The molecule has 0 aliphatic heterocycles. The number of halogens is 2. The van der Waals surface area contributed by atoms with E-state index in [9.17, 15) is 4.79 Å². The Balaban J connectivity index is 0.00000162. The van der Waals surface area contributed by atoms with E-state index in [0.29, 0.717) is 18.0 Å². The molecule has 1 atom stereocenters. The molecule has 1 saturated carbocycles. The van der Waals surface area contributed by atoms with E-state index in [1.807, 2.05) is 25.1 Å². The van der Waals surface area contributed by atoms with Crippen LogP contribution in [0.1, 0.15) is 28.8 Å². The van der Waals surface area contributed by atoms with Gasteiger partial charge < -0.3 is 11.1 Å². The molecule has 0 aromatic heterocycles. The maximum Gasteiger partial charge on any atom is 0.251 e. The molecule has 0 radical (unpaired) electrons. The van der Waals surface area contributed by atoms with Gasteiger partial charge in [0, 0.05) is 22.6 Å². The normalized spacial score (nSPS) is 15.7. The summed E-state index contributed by atoms with van der Waals surface area (Å²) in [5.41, 5.74) is 7.64. The van der Waals surface area contributed by atoms with E-state index < -0.39 is 0 Å². The second-order valence-electron chi connectivity index (χ2n) is 4.67. The van der Waals surface area contributed by atoms with Crippen LogP contribution in [0.15, 0.2) is 22.7 Å². The first-order valence-corrected chi connectivity index (χ1v) is 6.67. The first-order valence-electron chi connectivity index (χ1n) is 5.88. The predicted molar refractivity (Wildman–Crippen MR) is 79.2 cm³/mol. The smallest absolute Gasteiger partial charge is 0.251 e. The van der Waals surface area contributed by atoms with Crippen LogP contribution in [0.3, 0.4) is 0 Å². The molecule has 1 unspecified atom stereocenters. The topological polar surface area (TPSA) is 55.1 Å². The van der Waals surface area contributed by atoms with Gasteiger partial charge in [0.1, 0.15) is 0 Å². The Bertz CT molecular complexity index is 435. The molecule has 0 heterocycles. The van der Waals surface area contributed by atoms with E-state index in [1.165, 1.54) is 12.8 Å². The molecular formula is C13H18BrClN2O. The van der Waals surface area contributed by atoms with Crippen LogP contribution in [0.5, 0.6) is 0 Å². The van der Waals surface area contributed by atoms with Crippen molar-refractivity contribution >= 4 is 34.2 Å². The van der Waals surface area contributed by atoms with Crippen molar-refractivity contribution in [2.24, 2.45) is 11.7 Å². The van der Waals surface area contributed by atoms with Crippen LogP contribution in [0.25, 0.3) is 0 Å². The molecule has 18 heavy (non-hydrogen) atoms. The second kappa shape index (κ2) is 6.55. The van der Waals surface area contributed by atoms with Crippen LogP contribution < -0.4 is 11.1 Å². The highest BCUT2D eigenvalue weighted by Crippen LogP contribution is 2.31. The average Bonchev–Trinajstić information content (AvgIpc) is 3.12. The number of hydrogen-bond donors (Lipinski definition) is 2. The Morgan fingerprint density at radius 3 is 2.83 bits per heavy atom. The zero-order chi connectivity index (χ0) is 12.4. The second-order valence-corrected chi connectivity index (χ2v) is 5.59. The molecule has 5 heteroatoms. The van der Waals surface area contributed by atoms with E-state index in [1.54, 1.807) is 0 Å². The first kappa shape index (κ1) is 15.5. The van der Waals surface area contributed by atoms with Crippen molar-refractivity contribution in [1.82, 2.24) is 5.32 Å². The van der Waals surface area contributed by atoms with Crippen molar-refractivity contribution in [1.29, 1.82) is 0 Å². The molecular weight excluding hydrogens is 316 g/mol. The molecule has 1 aliphatic rings. The van der Waals surface area contributed by atoms with Gasteiger partial charge in [-0.15, -0.1) is 12.4 Å². The van der Waals surface area contributed by atoms with Gasteiger partial charge in [-0.25, -0.2) is 0 Å². The van der Waals surface area contributed by atoms with Gasteiger partial charge in [0.15, 0.2) is 0 Å². The van der Waals surface area contributed by atoms with Crippen LogP contribution in [-0.4, -0.2) is 18.5 Å². The van der Waals surface area contributed by atoms with Crippen molar-refractivity contribution in [3.63, 3.8) is 0 Å². The van der Waals surface area contributed by atoms with E-state index in [-0.39, 0.29) is 24.4 Å². The molecule has 0 saturated heterocycles. The zero-order valence-corrected chi connectivity index (χ0v) is 12.7. The molecule has 1 aliphatic carbocycles. The average molecular weight is 334 g/mol. The Morgan fingerprint density at radius 1 is 1.56 bits per heavy atom. The largest absolute Gasteiger partial charge is 0.350 e. The van der Waals surface area contributed by atoms with Crippen LogP contribution in [0.4, 0.5) is 0 Å². The van der Waals surface area contributed by atoms with E-state index in [2.05, 4.69) is 21.2 Å². The highest BCUT2D eigenvalue weighted by atomic mass is 79.9. The number of hydrogen-bond acceptors (Lipinski definition) is 2. The van der Waals surface area contributed by atoms with Crippen LogP contribution >= 0.6 is 28.3 Å². The van der Waals surface area contributed by atoms with Gasteiger partial charge in [-0.05, 0) is 43.4 Å². The predicted octanol–water partition coefficient (Wildman–Crippen LogP) is 2.65. The van der Waals surface area contributed by atoms with Crippen LogP contribution in [0, 0.1) is 12.8 Å². The lowest BCUT2D eigenvalue weighted by atomic mass is 10.1. The summed E-state index contributed by atoms with van der Waals surface area (Å²) in [6.45, 7) is 2.50. The molecule has 2 rings (SSSR count). The summed E-state index contributed by atoms with van der Waals surface area (Å²) in [6.07, 6.45) is 2.40. The molecule has 0 spiro atoms. The van der Waals surface area contributed by atoms with Gasteiger partial charge in [-0.3, -0.25) is 4.79 Å². The highest BCUT2D eigenvalue weighted by Gasteiger charge is 2.28. The fraction of sp³-hybridized carbons (Fsp3) is 0.462. The van der Waals surface area contributed by atoms with E-state index in [0.717, 1.165) is 10.0 Å². The number of nitrogens with one attached hydrogen (secondary N) is 1. The summed E-state index contributed by atoms with van der Waals surface area (Å²) in [7, 11) is 0. The number of aryl methyl sites for hydroxylation is 1. The Morgan fingerprint density at radius 2 is 2.22 bits per heavy atom. The number of amides is 1. The Hall–Kier alpha value is -0.580. The van der Waals surface area contributed by atoms with Crippen molar-refractivity contribution in [3.05, 3.63) is 33.8 Å². The third kappa shape index (κ3) is 3.97. The number of nitrogens with two attached hydrogens (primary N) is 1. The molecule has 0 bridgehead atoms. The van der Waals surface area contributed by atoms with E-state index in [4.69, 9.17) is 5.73 Å². The minimum absolute atomic E-state index is 0. The lowest BCUT2D eigenvalue weighted by Crippen LogP contribution is -2.38. The van der Waals surface area contributed by atoms with Gasteiger partial charge in [-0.2, -0.15) is 0 Å². The van der Waals surface area contributed by atoms with Crippen LogP contribution in [0.2, 0.25) is 0 Å². The van der Waals surface area contributed by atoms with Crippen molar-refractivity contribution < 1.29 is 4.79 Å². The van der Waals surface area contributed by atoms with Crippen molar-refractivity contribution in [2.75, 3.05) is 6.54 Å². The highest BCUT2D eigenvalue weighted by molar-refractivity contribution is 9.10. The number of carbonyl (C=O) groups is 1. The van der Waals surface area contributed by atoms with Gasteiger partial charge in [0.2, 0.25) is 0 Å². The van der Waals surface area contributed by atoms with Crippen molar-refractivity contribution in [2.45, 2.75) is 25.8 Å². The van der Waals surface area contributed by atoms with Crippen molar-refractivity contribution in [3.8, 4) is 0 Å². The fourth-order valence-electron chi connectivity index (χ4n) is 1.84.